The molecule has 0 amide bonds. The molecule has 0 saturated carbocycles. The predicted molar refractivity (Wildman–Crippen MR) is 207 cm³/mol. The highest BCUT2D eigenvalue weighted by Crippen LogP contribution is 2.46. The lowest BCUT2D eigenvalue weighted by Gasteiger charge is -2.16. The first-order chi connectivity index (χ1) is 24.7. The Morgan fingerprint density at radius 1 is 0.500 bits per heavy atom. The van der Waals surface area contributed by atoms with Crippen LogP contribution in [-0.2, 0) is 6.42 Å². The van der Waals surface area contributed by atoms with Gasteiger partial charge in [0.15, 0.2) is 0 Å². The van der Waals surface area contributed by atoms with Crippen molar-refractivity contribution in [1.29, 1.82) is 0 Å². The van der Waals surface area contributed by atoms with Gasteiger partial charge >= 0.3 is 0 Å². The minimum atomic E-state index is 0.859. The number of para-hydroxylation sites is 4. The minimum absolute atomic E-state index is 0.859. The van der Waals surface area contributed by atoms with Crippen molar-refractivity contribution in [3.8, 4) is 39.2 Å². The lowest BCUT2D eigenvalue weighted by atomic mass is 9.89. The largest absolute Gasteiger partial charge is 0.456 e. The number of fused-ring (bicyclic) bond motifs is 7. The number of benzene rings is 7. The number of hydrogen-bond acceptors (Lipinski definition) is 3. The van der Waals surface area contributed by atoms with E-state index >= 15 is 0 Å². The Hall–Kier alpha value is -6.52. The van der Waals surface area contributed by atoms with Crippen molar-refractivity contribution < 1.29 is 4.42 Å². The summed E-state index contributed by atoms with van der Waals surface area (Å²) in [6, 6.07) is 55.6. The third-order valence-corrected chi connectivity index (χ3v) is 9.93. The van der Waals surface area contributed by atoms with Crippen molar-refractivity contribution in [2.75, 3.05) is 0 Å². The molecular weight excluding hydrogens is 611 g/mol. The average Bonchev–Trinajstić information content (AvgIpc) is 3.75. The first kappa shape index (κ1) is 28.5. The maximum absolute atomic E-state index is 6.57. The topological polar surface area (TPSA) is 43.9 Å². The highest BCUT2D eigenvalue weighted by Gasteiger charge is 2.21. The fourth-order valence-electron chi connectivity index (χ4n) is 7.68. The minimum Gasteiger partial charge on any atom is -0.456 e. The first-order valence-electron chi connectivity index (χ1n) is 17.1. The molecule has 0 saturated heterocycles. The van der Waals surface area contributed by atoms with Crippen LogP contribution in [0.15, 0.2) is 162 Å². The summed E-state index contributed by atoms with van der Waals surface area (Å²) in [5.74, 6) is 1.06. The molecule has 10 aromatic rings. The molecule has 0 N–H and O–H groups in total. The van der Waals surface area contributed by atoms with Crippen molar-refractivity contribution in [2.45, 2.75) is 13.3 Å². The Bertz CT molecular complexity index is 2900. The Kier molecular flexibility index (Phi) is 6.43. The molecule has 7 aromatic carbocycles. The zero-order chi connectivity index (χ0) is 33.2. The van der Waals surface area contributed by atoms with Gasteiger partial charge in [-0.2, -0.15) is 0 Å². The molecule has 4 heteroatoms. The van der Waals surface area contributed by atoms with Crippen molar-refractivity contribution in [1.82, 2.24) is 14.5 Å². The molecule has 0 atom stereocenters. The summed E-state index contributed by atoms with van der Waals surface area (Å²) in [6.07, 6.45) is 0.859. The van der Waals surface area contributed by atoms with E-state index in [4.69, 9.17) is 14.4 Å². The predicted octanol–water partition coefficient (Wildman–Crippen LogP) is 12.2. The van der Waals surface area contributed by atoms with Gasteiger partial charge in [-0.05, 0) is 65.2 Å². The smallest absolute Gasteiger partial charge is 0.136 e. The van der Waals surface area contributed by atoms with E-state index in [1.165, 1.54) is 10.9 Å². The Labute approximate surface area is 288 Å². The van der Waals surface area contributed by atoms with E-state index in [9.17, 15) is 0 Å². The summed E-state index contributed by atoms with van der Waals surface area (Å²) in [5, 5.41) is 5.63. The molecule has 3 heterocycles. The van der Waals surface area contributed by atoms with E-state index in [0.29, 0.717) is 0 Å². The van der Waals surface area contributed by atoms with Crippen molar-refractivity contribution in [3.63, 3.8) is 0 Å². The third kappa shape index (κ3) is 4.39. The van der Waals surface area contributed by atoms with Crippen LogP contribution in [0, 0.1) is 0 Å². The number of imidazole rings is 1. The second-order valence-corrected chi connectivity index (χ2v) is 12.8. The molecular formula is C46H31N3O. The first-order valence-corrected chi connectivity index (χ1v) is 17.1. The van der Waals surface area contributed by atoms with Crippen LogP contribution in [0.3, 0.4) is 0 Å². The number of nitrogens with zero attached hydrogens (tertiary/aromatic N) is 3. The zero-order valence-electron chi connectivity index (χ0n) is 27.5. The molecule has 50 heavy (non-hydrogen) atoms. The van der Waals surface area contributed by atoms with E-state index in [0.717, 1.165) is 95.1 Å². The van der Waals surface area contributed by atoms with Crippen molar-refractivity contribution in [2.24, 2.45) is 0 Å². The SMILES string of the molecule is CCc1nc2ccccc2n1-c1ccc(-c2cccc(-c3nc4ccccc4c4c(-c5ccccc5)c5c(cc34)oc3ccccc35)c2)cc1. The van der Waals surface area contributed by atoms with Crippen molar-refractivity contribution >= 4 is 54.6 Å². The summed E-state index contributed by atoms with van der Waals surface area (Å²) in [7, 11) is 0. The van der Waals surface area contributed by atoms with E-state index in [2.05, 4.69) is 157 Å². The van der Waals surface area contributed by atoms with Crippen LogP contribution < -0.4 is 0 Å². The van der Waals surface area contributed by atoms with Crippen LogP contribution in [0.2, 0.25) is 0 Å². The highest BCUT2D eigenvalue weighted by molar-refractivity contribution is 6.27. The molecule has 236 valence electrons. The fourth-order valence-corrected chi connectivity index (χ4v) is 7.68. The Morgan fingerprint density at radius 3 is 2.04 bits per heavy atom. The molecule has 4 nitrogen and oxygen atoms in total. The number of pyridine rings is 1. The number of aryl methyl sites for hydroxylation is 1. The molecule has 0 aliphatic carbocycles. The quantitative estimate of drug-likeness (QED) is 0.176. The van der Waals surface area contributed by atoms with Crippen LogP contribution in [-0.4, -0.2) is 14.5 Å². The van der Waals surface area contributed by atoms with E-state index in [-0.39, 0.29) is 0 Å². The lowest BCUT2D eigenvalue weighted by molar-refractivity contribution is 0.669. The van der Waals surface area contributed by atoms with E-state index < -0.39 is 0 Å². The normalized spacial score (nSPS) is 11.8. The van der Waals surface area contributed by atoms with Crippen LogP contribution in [0.5, 0.6) is 0 Å². The molecule has 3 aromatic heterocycles. The van der Waals surface area contributed by atoms with Gasteiger partial charge in [0.05, 0.1) is 22.2 Å². The van der Waals surface area contributed by atoms with Gasteiger partial charge in [0.1, 0.15) is 17.0 Å². The summed E-state index contributed by atoms with van der Waals surface area (Å²) in [4.78, 5) is 10.2. The molecule has 0 radical (unpaired) electrons. The highest BCUT2D eigenvalue weighted by atomic mass is 16.3. The maximum Gasteiger partial charge on any atom is 0.136 e. The Morgan fingerprint density at radius 2 is 1.20 bits per heavy atom. The summed E-state index contributed by atoms with van der Waals surface area (Å²) in [6.45, 7) is 2.16. The average molecular weight is 642 g/mol. The number of aromatic nitrogens is 3. The van der Waals surface area contributed by atoms with Crippen LogP contribution >= 0.6 is 0 Å². The molecule has 0 bridgehead atoms. The number of rotatable bonds is 5. The third-order valence-electron chi connectivity index (χ3n) is 9.93. The summed E-state index contributed by atoms with van der Waals surface area (Å²) < 4.78 is 8.84. The fraction of sp³-hybridized carbons (Fsp3) is 0.0435. The molecule has 0 aliphatic heterocycles. The molecule has 0 spiro atoms. The molecule has 0 unspecified atom stereocenters. The van der Waals surface area contributed by atoms with Gasteiger partial charge < -0.3 is 4.42 Å². The van der Waals surface area contributed by atoms with Crippen LogP contribution in [0.25, 0.3) is 93.8 Å². The van der Waals surface area contributed by atoms with E-state index in [1.807, 2.05) is 12.1 Å². The zero-order valence-corrected chi connectivity index (χ0v) is 27.5. The Balaban J connectivity index is 1.19. The van der Waals surface area contributed by atoms with Gasteiger partial charge in [0.2, 0.25) is 0 Å². The monoisotopic (exact) mass is 641 g/mol. The number of furan rings is 1. The standard InChI is InChI=1S/C46H31N3O/c1-2-42-47-38-20-9-10-21-39(38)49(42)33-25-23-29(24-26-33)31-15-12-16-32(27-31)46-36-28-41-45(35-18-7-11-22-40(35)50-41)43(30-13-4-3-5-14-30)44(36)34-17-6-8-19-37(34)48-46/h3-28H,2H2,1H3. The summed E-state index contributed by atoms with van der Waals surface area (Å²) >= 11 is 0. The second-order valence-electron chi connectivity index (χ2n) is 12.8. The van der Waals surface area contributed by atoms with Crippen molar-refractivity contribution in [3.05, 3.63) is 164 Å². The second kappa shape index (κ2) is 11.3. The van der Waals surface area contributed by atoms with Crippen LogP contribution in [0.4, 0.5) is 0 Å². The van der Waals surface area contributed by atoms with Gasteiger partial charge in [-0.25, -0.2) is 9.97 Å². The van der Waals surface area contributed by atoms with Gasteiger partial charge in [0, 0.05) is 50.2 Å². The number of hydrogen-bond donors (Lipinski definition) is 0. The van der Waals surface area contributed by atoms with Crippen LogP contribution in [0.1, 0.15) is 12.7 Å². The van der Waals surface area contributed by atoms with Gasteiger partial charge in [-0.3, -0.25) is 4.57 Å². The van der Waals surface area contributed by atoms with E-state index in [1.54, 1.807) is 0 Å². The van der Waals surface area contributed by atoms with Gasteiger partial charge in [-0.1, -0.05) is 116 Å². The summed E-state index contributed by atoms with van der Waals surface area (Å²) in [5.41, 5.74) is 12.6. The van der Waals surface area contributed by atoms with Gasteiger partial charge in [0.25, 0.3) is 0 Å². The molecule has 10 rings (SSSR count). The lowest BCUT2D eigenvalue weighted by Crippen LogP contribution is -1.99. The maximum atomic E-state index is 6.57. The molecule has 0 aliphatic rings. The van der Waals surface area contributed by atoms with Gasteiger partial charge in [-0.15, -0.1) is 0 Å². The molecule has 0 fully saturated rings.